The first kappa shape index (κ1) is 13.1. The van der Waals surface area contributed by atoms with Gasteiger partial charge in [0.15, 0.2) is 0 Å². The molecule has 0 saturated carbocycles. The van der Waals surface area contributed by atoms with Crippen molar-refractivity contribution in [3.8, 4) is 11.4 Å². The summed E-state index contributed by atoms with van der Waals surface area (Å²) in [5.74, 6) is 0.542. The van der Waals surface area contributed by atoms with Crippen LogP contribution in [0.2, 0.25) is 0 Å². The second kappa shape index (κ2) is 4.59. The van der Waals surface area contributed by atoms with Gasteiger partial charge in [0.25, 0.3) is 5.69 Å². The number of anilines is 1. The molecule has 1 aromatic heterocycles. The summed E-state index contributed by atoms with van der Waals surface area (Å²) in [7, 11) is 0. The van der Waals surface area contributed by atoms with Gasteiger partial charge in [-0.1, -0.05) is 6.07 Å². The minimum absolute atomic E-state index is 0.00689. The van der Waals surface area contributed by atoms with Gasteiger partial charge in [-0.3, -0.25) is 10.1 Å². The molecule has 0 amide bonds. The molecule has 0 unspecified atom stereocenters. The van der Waals surface area contributed by atoms with Crippen molar-refractivity contribution >= 4 is 22.4 Å². The Balaban J connectivity index is 2.23. The molecular formula is C15H14N4O2. The summed E-state index contributed by atoms with van der Waals surface area (Å²) >= 11 is 0. The van der Waals surface area contributed by atoms with E-state index in [1.165, 1.54) is 18.2 Å². The van der Waals surface area contributed by atoms with Crippen LogP contribution in [-0.4, -0.2) is 14.9 Å². The van der Waals surface area contributed by atoms with E-state index in [1.54, 1.807) is 0 Å². The Labute approximate surface area is 120 Å². The molecule has 0 radical (unpaired) electrons. The quantitative estimate of drug-likeness (QED) is 0.428. The molecule has 106 valence electrons. The number of aromatic nitrogens is 2. The van der Waals surface area contributed by atoms with E-state index in [0.717, 1.165) is 22.2 Å². The smallest absolute Gasteiger partial charge is 0.270 e. The highest BCUT2D eigenvalue weighted by molar-refractivity contribution is 5.85. The van der Waals surface area contributed by atoms with E-state index in [9.17, 15) is 10.1 Å². The number of imidazole rings is 1. The van der Waals surface area contributed by atoms with Crippen LogP contribution >= 0.6 is 0 Å². The van der Waals surface area contributed by atoms with E-state index in [4.69, 9.17) is 5.73 Å². The minimum Gasteiger partial charge on any atom is -0.398 e. The number of aromatic amines is 1. The first-order chi connectivity index (χ1) is 9.95. The van der Waals surface area contributed by atoms with Gasteiger partial charge in [0.2, 0.25) is 0 Å². The normalized spacial score (nSPS) is 11.0. The Bertz CT molecular complexity index is 867. The Morgan fingerprint density at radius 1 is 1.24 bits per heavy atom. The van der Waals surface area contributed by atoms with Crippen molar-refractivity contribution in [2.24, 2.45) is 0 Å². The number of non-ortho nitro benzene ring substituents is 1. The molecule has 0 saturated heterocycles. The van der Waals surface area contributed by atoms with Gasteiger partial charge in [0.1, 0.15) is 5.82 Å². The van der Waals surface area contributed by atoms with Gasteiger partial charge < -0.3 is 10.7 Å². The lowest BCUT2D eigenvalue weighted by Crippen LogP contribution is -1.94. The predicted octanol–water partition coefficient (Wildman–Crippen LogP) is 3.34. The average Bonchev–Trinajstić information content (AvgIpc) is 2.82. The standard InChI is InChI=1S/C15H14N4O2/c1-8-5-9(2)14-13(6-8)17-15(18-14)11-7-10(19(20)21)3-4-12(11)16/h3-7H,16H2,1-2H3,(H,17,18). The molecule has 0 aliphatic heterocycles. The molecule has 0 bridgehead atoms. The molecule has 2 aromatic carbocycles. The van der Waals surface area contributed by atoms with Crippen molar-refractivity contribution < 1.29 is 4.92 Å². The Morgan fingerprint density at radius 2 is 2.00 bits per heavy atom. The number of nitrogen functional groups attached to an aromatic ring is 1. The van der Waals surface area contributed by atoms with Crippen molar-refractivity contribution in [1.29, 1.82) is 0 Å². The zero-order valence-corrected chi connectivity index (χ0v) is 11.7. The summed E-state index contributed by atoms with van der Waals surface area (Å²) in [5.41, 5.74) is 10.8. The number of nitrogens with zero attached hydrogens (tertiary/aromatic N) is 2. The summed E-state index contributed by atoms with van der Waals surface area (Å²) in [5, 5.41) is 10.9. The molecule has 3 aromatic rings. The Hall–Kier alpha value is -2.89. The number of nitro groups is 1. The number of rotatable bonds is 2. The highest BCUT2D eigenvalue weighted by Crippen LogP contribution is 2.30. The maximum Gasteiger partial charge on any atom is 0.270 e. The molecule has 1 heterocycles. The molecule has 6 heteroatoms. The molecule has 3 N–H and O–H groups in total. The zero-order valence-electron chi connectivity index (χ0n) is 11.7. The van der Waals surface area contributed by atoms with Crippen LogP contribution in [0, 0.1) is 24.0 Å². The van der Waals surface area contributed by atoms with Gasteiger partial charge >= 0.3 is 0 Å². The number of hydrogen-bond acceptors (Lipinski definition) is 4. The van der Waals surface area contributed by atoms with Crippen LogP contribution < -0.4 is 5.73 Å². The van der Waals surface area contributed by atoms with Gasteiger partial charge in [-0.15, -0.1) is 0 Å². The van der Waals surface area contributed by atoms with E-state index in [-0.39, 0.29) is 5.69 Å². The van der Waals surface area contributed by atoms with E-state index in [1.807, 2.05) is 26.0 Å². The largest absolute Gasteiger partial charge is 0.398 e. The van der Waals surface area contributed by atoms with Crippen molar-refractivity contribution in [1.82, 2.24) is 9.97 Å². The maximum absolute atomic E-state index is 10.9. The molecule has 0 atom stereocenters. The van der Waals surface area contributed by atoms with Crippen molar-refractivity contribution in [3.05, 3.63) is 51.6 Å². The second-order valence-corrected chi connectivity index (χ2v) is 5.09. The molecule has 3 rings (SSSR count). The third kappa shape index (κ3) is 2.20. The summed E-state index contributed by atoms with van der Waals surface area (Å²) < 4.78 is 0. The fourth-order valence-electron chi connectivity index (χ4n) is 2.46. The van der Waals surface area contributed by atoms with Crippen LogP contribution in [0.25, 0.3) is 22.4 Å². The van der Waals surface area contributed by atoms with Crippen LogP contribution in [0.3, 0.4) is 0 Å². The highest BCUT2D eigenvalue weighted by Gasteiger charge is 2.14. The molecule has 0 aliphatic carbocycles. The number of fused-ring (bicyclic) bond motifs is 1. The second-order valence-electron chi connectivity index (χ2n) is 5.09. The average molecular weight is 282 g/mol. The number of hydrogen-bond donors (Lipinski definition) is 2. The summed E-state index contributed by atoms with van der Waals surface area (Å²) in [6.07, 6.45) is 0. The van der Waals surface area contributed by atoms with Gasteiger partial charge in [0.05, 0.1) is 16.0 Å². The van der Waals surface area contributed by atoms with Gasteiger partial charge in [-0.25, -0.2) is 4.98 Å². The molecule has 0 spiro atoms. The maximum atomic E-state index is 10.9. The van der Waals surface area contributed by atoms with E-state index in [2.05, 4.69) is 9.97 Å². The molecular weight excluding hydrogens is 268 g/mol. The van der Waals surface area contributed by atoms with Crippen LogP contribution in [0.5, 0.6) is 0 Å². The number of aryl methyl sites for hydroxylation is 2. The summed E-state index contributed by atoms with van der Waals surface area (Å²) in [6, 6.07) is 8.39. The fourth-order valence-corrected chi connectivity index (χ4v) is 2.46. The first-order valence-corrected chi connectivity index (χ1v) is 6.47. The monoisotopic (exact) mass is 282 g/mol. The Morgan fingerprint density at radius 3 is 2.71 bits per heavy atom. The predicted molar refractivity (Wildman–Crippen MR) is 82.1 cm³/mol. The lowest BCUT2D eigenvalue weighted by molar-refractivity contribution is -0.384. The number of H-pyrrole nitrogens is 1. The third-order valence-electron chi connectivity index (χ3n) is 3.42. The van der Waals surface area contributed by atoms with Crippen LogP contribution in [0.15, 0.2) is 30.3 Å². The van der Waals surface area contributed by atoms with Crippen molar-refractivity contribution in [2.75, 3.05) is 5.73 Å². The van der Waals surface area contributed by atoms with Crippen LogP contribution in [-0.2, 0) is 0 Å². The number of nitrogens with one attached hydrogen (secondary N) is 1. The van der Waals surface area contributed by atoms with E-state index >= 15 is 0 Å². The van der Waals surface area contributed by atoms with Crippen molar-refractivity contribution in [3.63, 3.8) is 0 Å². The van der Waals surface area contributed by atoms with Crippen LogP contribution in [0.1, 0.15) is 11.1 Å². The molecule has 6 nitrogen and oxygen atoms in total. The fraction of sp³-hybridized carbons (Fsp3) is 0.133. The third-order valence-corrected chi connectivity index (χ3v) is 3.42. The number of benzene rings is 2. The van der Waals surface area contributed by atoms with E-state index < -0.39 is 4.92 Å². The van der Waals surface area contributed by atoms with Crippen molar-refractivity contribution in [2.45, 2.75) is 13.8 Å². The minimum atomic E-state index is -0.443. The van der Waals surface area contributed by atoms with Crippen LogP contribution in [0.4, 0.5) is 11.4 Å². The molecule has 0 aliphatic rings. The SMILES string of the molecule is Cc1cc(C)c2nc(-c3cc([N+](=O)[O-])ccc3N)[nH]c2c1. The van der Waals surface area contributed by atoms with Gasteiger partial charge in [-0.2, -0.15) is 0 Å². The Kier molecular flexibility index (Phi) is 2.86. The topological polar surface area (TPSA) is 97.8 Å². The van der Waals surface area contributed by atoms with Gasteiger partial charge in [0, 0.05) is 23.4 Å². The van der Waals surface area contributed by atoms with Gasteiger partial charge in [-0.05, 0) is 37.1 Å². The lowest BCUT2D eigenvalue weighted by atomic mass is 10.1. The summed E-state index contributed by atoms with van der Waals surface area (Å²) in [4.78, 5) is 18.2. The lowest BCUT2D eigenvalue weighted by Gasteiger charge is -2.01. The number of nitrogens with two attached hydrogens (primary N) is 1. The van der Waals surface area contributed by atoms with E-state index in [0.29, 0.717) is 17.1 Å². The zero-order chi connectivity index (χ0) is 15.1. The highest BCUT2D eigenvalue weighted by atomic mass is 16.6. The molecule has 0 fully saturated rings. The summed E-state index contributed by atoms with van der Waals surface area (Å²) in [6.45, 7) is 3.99. The first-order valence-electron chi connectivity index (χ1n) is 6.47. The number of nitro benzene ring substituents is 1. The molecule has 21 heavy (non-hydrogen) atoms.